The number of aromatic nitrogens is 2. The molecule has 2 aliphatic rings. The molecule has 3 heterocycles. The van der Waals surface area contributed by atoms with Crippen molar-refractivity contribution in [2.24, 2.45) is 0 Å². The van der Waals surface area contributed by atoms with Crippen LogP contribution >= 0.6 is 0 Å². The second-order valence-corrected chi connectivity index (χ2v) is 8.10. The summed E-state index contributed by atoms with van der Waals surface area (Å²) in [6, 6.07) is 15.7. The minimum atomic E-state index is 0.00541. The predicted octanol–water partition coefficient (Wildman–Crippen LogP) is 3.30. The van der Waals surface area contributed by atoms with Crippen molar-refractivity contribution < 1.29 is 18.8 Å². The fraction of sp³-hybridized carbons (Fsp3) is 0.375. The second-order valence-electron chi connectivity index (χ2n) is 8.10. The lowest BCUT2D eigenvalue weighted by Gasteiger charge is -2.36. The lowest BCUT2D eigenvalue weighted by molar-refractivity contribution is -0.133. The minimum Gasteiger partial charge on any atom is -0.454 e. The Hall–Kier alpha value is -3.39. The quantitative estimate of drug-likeness (QED) is 0.589. The van der Waals surface area contributed by atoms with Crippen LogP contribution in [0.5, 0.6) is 11.5 Å². The highest BCUT2D eigenvalue weighted by atomic mass is 16.7. The van der Waals surface area contributed by atoms with Gasteiger partial charge in [-0.05, 0) is 31.0 Å². The number of carbonyl (C=O) groups excluding carboxylic acids is 1. The minimum absolute atomic E-state index is 0.00541. The molecule has 32 heavy (non-hydrogen) atoms. The van der Waals surface area contributed by atoms with Gasteiger partial charge in [-0.15, -0.1) is 0 Å². The topological polar surface area (TPSA) is 80.9 Å². The van der Waals surface area contributed by atoms with Crippen LogP contribution in [0.3, 0.4) is 0 Å². The van der Waals surface area contributed by atoms with Crippen LogP contribution in [0.2, 0.25) is 0 Å². The first-order chi connectivity index (χ1) is 15.7. The molecule has 1 aromatic heterocycles. The Morgan fingerprint density at radius 3 is 2.62 bits per heavy atom. The van der Waals surface area contributed by atoms with Crippen LogP contribution in [-0.2, 0) is 11.2 Å². The zero-order chi connectivity index (χ0) is 21.9. The second kappa shape index (κ2) is 9.00. The lowest BCUT2D eigenvalue weighted by atomic mass is 10.1. The molecule has 0 radical (unpaired) electrons. The Kier molecular flexibility index (Phi) is 5.77. The average molecular weight is 434 g/mol. The molecule has 1 atom stereocenters. The van der Waals surface area contributed by atoms with E-state index in [2.05, 4.69) is 22.0 Å². The number of amides is 1. The first-order valence-electron chi connectivity index (χ1n) is 11.0. The summed E-state index contributed by atoms with van der Waals surface area (Å²) in [6.07, 6.45) is 1.18. The van der Waals surface area contributed by atoms with E-state index in [4.69, 9.17) is 14.0 Å². The van der Waals surface area contributed by atoms with E-state index < -0.39 is 0 Å². The van der Waals surface area contributed by atoms with Crippen LogP contribution in [0, 0.1) is 0 Å². The van der Waals surface area contributed by atoms with Crippen molar-refractivity contribution in [2.75, 3.05) is 33.0 Å². The summed E-state index contributed by atoms with van der Waals surface area (Å²) in [4.78, 5) is 21.5. The highest BCUT2D eigenvalue weighted by molar-refractivity contribution is 5.76. The molecule has 0 N–H and O–H groups in total. The molecule has 1 saturated heterocycles. The van der Waals surface area contributed by atoms with E-state index in [1.807, 2.05) is 53.4 Å². The third kappa shape index (κ3) is 4.31. The molecule has 0 aliphatic carbocycles. The molecule has 3 aromatic rings. The molecular weight excluding hydrogens is 408 g/mol. The van der Waals surface area contributed by atoms with Gasteiger partial charge in [0.05, 0.1) is 6.04 Å². The van der Waals surface area contributed by atoms with Crippen LogP contribution < -0.4 is 9.47 Å². The van der Waals surface area contributed by atoms with E-state index in [-0.39, 0.29) is 18.7 Å². The zero-order valence-electron chi connectivity index (χ0n) is 18.1. The molecule has 0 spiro atoms. The monoisotopic (exact) mass is 434 g/mol. The summed E-state index contributed by atoms with van der Waals surface area (Å²) in [5, 5.41) is 4.13. The first kappa shape index (κ1) is 20.5. The first-order valence-corrected chi connectivity index (χ1v) is 11.0. The maximum Gasteiger partial charge on any atom is 0.244 e. The van der Waals surface area contributed by atoms with Gasteiger partial charge in [-0.1, -0.05) is 41.6 Å². The van der Waals surface area contributed by atoms with Crippen LogP contribution in [0.4, 0.5) is 0 Å². The number of carbonyl (C=O) groups is 1. The van der Waals surface area contributed by atoms with Crippen molar-refractivity contribution in [1.29, 1.82) is 0 Å². The highest BCUT2D eigenvalue weighted by Gasteiger charge is 2.27. The number of piperazine rings is 1. The predicted molar refractivity (Wildman–Crippen MR) is 117 cm³/mol. The average Bonchev–Trinajstić information content (AvgIpc) is 3.52. The summed E-state index contributed by atoms with van der Waals surface area (Å²) in [6.45, 7) is 5.28. The third-order valence-corrected chi connectivity index (χ3v) is 6.11. The molecule has 8 nitrogen and oxygen atoms in total. The van der Waals surface area contributed by atoms with E-state index in [1.54, 1.807) is 0 Å². The summed E-state index contributed by atoms with van der Waals surface area (Å²) < 4.78 is 16.3. The molecule has 1 amide bonds. The molecular formula is C24H26N4O4. The van der Waals surface area contributed by atoms with Crippen LogP contribution in [0.1, 0.15) is 30.8 Å². The van der Waals surface area contributed by atoms with Crippen molar-refractivity contribution in [2.45, 2.75) is 25.8 Å². The van der Waals surface area contributed by atoms with E-state index in [0.717, 1.165) is 35.7 Å². The number of rotatable bonds is 6. The van der Waals surface area contributed by atoms with Gasteiger partial charge in [0.25, 0.3) is 0 Å². The Morgan fingerprint density at radius 2 is 1.81 bits per heavy atom. The SMILES string of the molecule is CC(c1nc(-c2ccccc2)no1)N1CCN(C(=O)CCc2ccc3c(c2)OCO3)CC1. The number of ether oxygens (including phenoxy) is 2. The third-order valence-electron chi connectivity index (χ3n) is 6.11. The summed E-state index contributed by atoms with van der Waals surface area (Å²) in [7, 11) is 0. The molecule has 8 heteroatoms. The van der Waals surface area contributed by atoms with Crippen LogP contribution in [-0.4, -0.2) is 58.8 Å². The Labute approximate surface area is 186 Å². The molecule has 0 bridgehead atoms. The summed E-state index contributed by atoms with van der Waals surface area (Å²) in [5.41, 5.74) is 2.02. The smallest absolute Gasteiger partial charge is 0.244 e. The maximum absolute atomic E-state index is 12.7. The van der Waals surface area contributed by atoms with Crippen molar-refractivity contribution in [3.63, 3.8) is 0 Å². The fourth-order valence-corrected chi connectivity index (χ4v) is 4.13. The maximum atomic E-state index is 12.7. The molecule has 166 valence electrons. The van der Waals surface area contributed by atoms with E-state index in [9.17, 15) is 4.79 Å². The van der Waals surface area contributed by atoms with Crippen molar-refractivity contribution in [1.82, 2.24) is 19.9 Å². The zero-order valence-corrected chi connectivity index (χ0v) is 18.1. The number of benzene rings is 2. The molecule has 0 saturated carbocycles. The number of hydrogen-bond donors (Lipinski definition) is 0. The number of hydrogen-bond acceptors (Lipinski definition) is 7. The molecule has 1 fully saturated rings. The molecule has 5 rings (SSSR count). The standard InChI is InChI=1S/C24H26N4O4/c1-17(24-25-23(26-32-24)19-5-3-2-4-6-19)27-11-13-28(14-12-27)22(29)10-8-18-7-9-20-21(15-18)31-16-30-20/h2-7,9,15,17H,8,10-14,16H2,1H3. The number of aryl methyl sites for hydroxylation is 1. The summed E-state index contributed by atoms with van der Waals surface area (Å²) in [5.74, 6) is 2.91. The van der Waals surface area contributed by atoms with Crippen molar-refractivity contribution >= 4 is 5.91 Å². The normalized spacial score (nSPS) is 16.8. The van der Waals surface area contributed by atoms with Crippen LogP contribution in [0.15, 0.2) is 53.1 Å². The van der Waals surface area contributed by atoms with Gasteiger partial charge in [-0.25, -0.2) is 0 Å². The Morgan fingerprint density at radius 1 is 1.03 bits per heavy atom. The number of nitrogens with zero attached hydrogens (tertiary/aromatic N) is 4. The van der Waals surface area contributed by atoms with E-state index in [1.165, 1.54) is 0 Å². The van der Waals surface area contributed by atoms with Gasteiger partial charge < -0.3 is 18.9 Å². The highest BCUT2D eigenvalue weighted by Crippen LogP contribution is 2.33. The van der Waals surface area contributed by atoms with E-state index in [0.29, 0.717) is 37.6 Å². The van der Waals surface area contributed by atoms with Gasteiger partial charge >= 0.3 is 0 Å². The largest absolute Gasteiger partial charge is 0.454 e. The van der Waals surface area contributed by atoms with Gasteiger partial charge in [0.15, 0.2) is 11.5 Å². The van der Waals surface area contributed by atoms with Gasteiger partial charge in [0.2, 0.25) is 24.4 Å². The van der Waals surface area contributed by atoms with Crippen LogP contribution in [0.25, 0.3) is 11.4 Å². The molecule has 2 aromatic carbocycles. The Bertz CT molecular complexity index is 1080. The Balaban J connectivity index is 1.12. The van der Waals surface area contributed by atoms with Crippen molar-refractivity contribution in [3.8, 4) is 22.9 Å². The molecule has 2 aliphatic heterocycles. The van der Waals surface area contributed by atoms with Gasteiger partial charge in [0, 0.05) is 38.2 Å². The molecule has 1 unspecified atom stereocenters. The van der Waals surface area contributed by atoms with Gasteiger partial charge in [-0.3, -0.25) is 9.69 Å². The van der Waals surface area contributed by atoms with Crippen molar-refractivity contribution in [3.05, 3.63) is 60.0 Å². The van der Waals surface area contributed by atoms with Gasteiger partial charge in [0.1, 0.15) is 0 Å². The van der Waals surface area contributed by atoms with E-state index >= 15 is 0 Å². The summed E-state index contributed by atoms with van der Waals surface area (Å²) >= 11 is 0. The number of fused-ring (bicyclic) bond motifs is 1. The van der Waals surface area contributed by atoms with Gasteiger partial charge in [-0.2, -0.15) is 4.98 Å². The fourth-order valence-electron chi connectivity index (χ4n) is 4.13. The lowest BCUT2D eigenvalue weighted by Crippen LogP contribution is -2.49.